The van der Waals surface area contributed by atoms with Crippen molar-refractivity contribution in [1.29, 1.82) is 0 Å². The van der Waals surface area contributed by atoms with E-state index in [1.165, 1.54) is 19.3 Å². The predicted molar refractivity (Wildman–Crippen MR) is 73.2 cm³/mol. The van der Waals surface area contributed by atoms with Gasteiger partial charge in [0.2, 0.25) is 0 Å². The van der Waals surface area contributed by atoms with Crippen LogP contribution in [-0.2, 0) is 0 Å². The van der Waals surface area contributed by atoms with Crippen LogP contribution in [0.4, 0.5) is 5.69 Å². The molecule has 1 aromatic carbocycles. The molecule has 18 heavy (non-hydrogen) atoms. The Bertz CT molecular complexity index is 466. The molecule has 0 aromatic heterocycles. The summed E-state index contributed by atoms with van der Waals surface area (Å²) in [5.74, 6) is -0.870. The highest BCUT2D eigenvalue weighted by atomic mass is 16.4. The van der Waals surface area contributed by atoms with Gasteiger partial charge in [0.25, 0.3) is 0 Å². The van der Waals surface area contributed by atoms with Crippen LogP contribution >= 0.6 is 0 Å². The Kier molecular flexibility index (Phi) is 3.33. The molecule has 0 radical (unpaired) electrons. The summed E-state index contributed by atoms with van der Waals surface area (Å²) in [5, 5.41) is 12.5. The molecule has 1 aliphatic carbocycles. The molecule has 0 heterocycles. The van der Waals surface area contributed by atoms with Crippen LogP contribution in [0.1, 0.15) is 49.0 Å². The average molecular weight is 247 g/mol. The van der Waals surface area contributed by atoms with E-state index in [4.69, 9.17) is 5.11 Å². The van der Waals surface area contributed by atoms with Gasteiger partial charge < -0.3 is 10.4 Å². The Morgan fingerprint density at radius 3 is 2.67 bits per heavy atom. The maximum atomic E-state index is 10.9. The number of aryl methyl sites for hydroxylation is 1. The molecule has 3 heteroatoms. The van der Waals surface area contributed by atoms with Crippen molar-refractivity contribution >= 4 is 11.7 Å². The second-order valence-electron chi connectivity index (χ2n) is 5.91. The lowest BCUT2D eigenvalue weighted by Gasteiger charge is -2.29. The number of aromatic carboxylic acids is 1. The zero-order chi connectivity index (χ0) is 13.3. The van der Waals surface area contributed by atoms with E-state index >= 15 is 0 Å². The summed E-state index contributed by atoms with van der Waals surface area (Å²) in [7, 11) is 0. The van der Waals surface area contributed by atoms with Gasteiger partial charge in [-0.2, -0.15) is 0 Å². The highest BCUT2D eigenvalue weighted by Gasteiger charge is 2.34. The highest BCUT2D eigenvalue weighted by molar-refractivity contribution is 5.88. The largest absolute Gasteiger partial charge is 0.478 e. The van der Waals surface area contributed by atoms with Crippen molar-refractivity contribution in [2.24, 2.45) is 5.41 Å². The van der Waals surface area contributed by atoms with Crippen LogP contribution in [0, 0.1) is 12.3 Å². The van der Waals surface area contributed by atoms with Crippen molar-refractivity contribution in [3.63, 3.8) is 0 Å². The lowest BCUT2D eigenvalue weighted by Crippen LogP contribution is -2.31. The molecule has 3 nitrogen and oxygen atoms in total. The fourth-order valence-electron chi connectivity index (χ4n) is 2.74. The summed E-state index contributed by atoms with van der Waals surface area (Å²) in [5.41, 5.74) is 2.72. The Labute approximate surface area is 108 Å². The van der Waals surface area contributed by atoms with Gasteiger partial charge in [0.15, 0.2) is 0 Å². The molecule has 0 amide bonds. The van der Waals surface area contributed by atoms with Crippen molar-refractivity contribution in [1.82, 2.24) is 0 Å². The molecule has 98 valence electrons. The molecule has 1 aromatic rings. The van der Waals surface area contributed by atoms with Gasteiger partial charge in [-0.1, -0.05) is 20.3 Å². The van der Waals surface area contributed by atoms with Crippen LogP contribution in [0.15, 0.2) is 18.2 Å². The molecular weight excluding hydrogens is 226 g/mol. The summed E-state index contributed by atoms with van der Waals surface area (Å²) in [6, 6.07) is 5.76. The van der Waals surface area contributed by atoms with Crippen LogP contribution in [-0.4, -0.2) is 17.1 Å². The third-order valence-electron chi connectivity index (χ3n) is 4.06. The van der Waals surface area contributed by atoms with E-state index in [2.05, 4.69) is 19.2 Å². The second-order valence-corrected chi connectivity index (χ2v) is 5.91. The number of hydrogen-bond acceptors (Lipinski definition) is 2. The lowest BCUT2D eigenvalue weighted by atomic mass is 9.87. The quantitative estimate of drug-likeness (QED) is 0.856. The number of nitrogens with one attached hydrogen (secondary N) is 1. The summed E-state index contributed by atoms with van der Waals surface area (Å²) >= 11 is 0. The number of hydrogen-bond donors (Lipinski definition) is 2. The van der Waals surface area contributed by atoms with Crippen LogP contribution in [0.5, 0.6) is 0 Å². The molecule has 1 atom stereocenters. The maximum absolute atomic E-state index is 10.9. The first-order chi connectivity index (χ1) is 8.40. The molecule has 1 saturated carbocycles. The Hall–Kier alpha value is -1.51. The van der Waals surface area contributed by atoms with Gasteiger partial charge in [0.1, 0.15) is 0 Å². The van der Waals surface area contributed by atoms with Crippen molar-refractivity contribution < 1.29 is 9.90 Å². The van der Waals surface area contributed by atoms with E-state index in [-0.39, 0.29) is 0 Å². The number of carboxylic acids is 1. The van der Waals surface area contributed by atoms with Crippen molar-refractivity contribution in [2.45, 2.75) is 46.1 Å². The predicted octanol–water partition coefficient (Wildman–Crippen LogP) is 3.68. The number of carboxylic acid groups (broad SMARTS) is 1. The highest BCUT2D eigenvalue weighted by Crippen LogP contribution is 2.39. The molecule has 1 fully saturated rings. The second kappa shape index (κ2) is 4.63. The first kappa shape index (κ1) is 12.9. The average Bonchev–Trinajstić information content (AvgIpc) is 2.61. The molecule has 2 rings (SSSR count). The zero-order valence-electron chi connectivity index (χ0n) is 11.3. The van der Waals surface area contributed by atoms with Gasteiger partial charge in [0, 0.05) is 11.7 Å². The third-order valence-corrected chi connectivity index (χ3v) is 4.06. The Morgan fingerprint density at radius 2 is 2.17 bits per heavy atom. The van der Waals surface area contributed by atoms with Crippen LogP contribution < -0.4 is 5.32 Å². The molecule has 2 N–H and O–H groups in total. The minimum atomic E-state index is -0.870. The van der Waals surface area contributed by atoms with Gasteiger partial charge in [-0.15, -0.1) is 0 Å². The molecule has 0 saturated heterocycles. The van der Waals surface area contributed by atoms with Crippen molar-refractivity contribution in [2.75, 3.05) is 5.32 Å². The molecule has 1 unspecified atom stereocenters. The molecule has 0 bridgehead atoms. The van der Waals surface area contributed by atoms with Gasteiger partial charge >= 0.3 is 5.97 Å². The number of benzene rings is 1. The Balaban J connectivity index is 2.17. The molecular formula is C15H21NO2. The number of anilines is 1. The summed E-state index contributed by atoms with van der Waals surface area (Å²) in [6.45, 7) is 6.54. The van der Waals surface area contributed by atoms with Gasteiger partial charge in [-0.05, 0) is 48.9 Å². The monoisotopic (exact) mass is 247 g/mol. The summed E-state index contributed by atoms with van der Waals surface area (Å²) in [4.78, 5) is 10.9. The van der Waals surface area contributed by atoms with E-state index < -0.39 is 5.97 Å². The molecule has 0 aliphatic heterocycles. The van der Waals surface area contributed by atoms with Crippen LogP contribution in [0.2, 0.25) is 0 Å². The molecule has 0 spiro atoms. The fourth-order valence-corrected chi connectivity index (χ4v) is 2.74. The summed E-state index contributed by atoms with van der Waals surface area (Å²) in [6.07, 6.45) is 3.70. The minimum absolute atomic E-state index is 0.317. The fraction of sp³-hybridized carbons (Fsp3) is 0.533. The third kappa shape index (κ3) is 2.50. The maximum Gasteiger partial charge on any atom is 0.335 e. The van der Waals surface area contributed by atoms with E-state index in [1.807, 2.05) is 13.0 Å². The van der Waals surface area contributed by atoms with E-state index in [1.54, 1.807) is 12.1 Å². The topological polar surface area (TPSA) is 49.3 Å². The lowest BCUT2D eigenvalue weighted by molar-refractivity contribution is 0.0697. The number of rotatable bonds is 3. The van der Waals surface area contributed by atoms with E-state index in [9.17, 15) is 4.79 Å². The minimum Gasteiger partial charge on any atom is -0.478 e. The Morgan fingerprint density at radius 1 is 1.44 bits per heavy atom. The zero-order valence-corrected chi connectivity index (χ0v) is 11.3. The van der Waals surface area contributed by atoms with Gasteiger partial charge in [-0.25, -0.2) is 4.79 Å². The number of carbonyl (C=O) groups is 1. The van der Waals surface area contributed by atoms with E-state index in [0.717, 1.165) is 11.3 Å². The summed E-state index contributed by atoms with van der Waals surface area (Å²) < 4.78 is 0. The van der Waals surface area contributed by atoms with E-state index in [0.29, 0.717) is 17.0 Å². The normalized spacial score (nSPS) is 21.8. The van der Waals surface area contributed by atoms with Gasteiger partial charge in [0.05, 0.1) is 5.56 Å². The van der Waals surface area contributed by atoms with Crippen LogP contribution in [0.3, 0.4) is 0 Å². The van der Waals surface area contributed by atoms with Crippen molar-refractivity contribution in [3.05, 3.63) is 29.3 Å². The standard InChI is InChI=1S/C15H21NO2/c1-10-9-11(14(17)18)6-7-12(10)16-13-5-4-8-15(13,2)3/h6-7,9,13,16H,4-5,8H2,1-3H3,(H,17,18). The first-order valence-corrected chi connectivity index (χ1v) is 6.50. The SMILES string of the molecule is Cc1cc(C(=O)O)ccc1NC1CCCC1(C)C. The first-order valence-electron chi connectivity index (χ1n) is 6.50. The molecule has 1 aliphatic rings. The van der Waals surface area contributed by atoms with Gasteiger partial charge in [-0.3, -0.25) is 0 Å². The van der Waals surface area contributed by atoms with Crippen LogP contribution in [0.25, 0.3) is 0 Å². The smallest absolute Gasteiger partial charge is 0.335 e. The van der Waals surface area contributed by atoms with Crippen molar-refractivity contribution in [3.8, 4) is 0 Å².